The standard InChI is InChI=1S/C23H25ClN2O5S/c1-4-30-19-8-6-5-7-15(19)13-25-22(27)16-11-17(24)18(12-20(16)29-3)26-23(28)21-14(2)31-9-10-32-21/h5-8,11-12H,4,9-10,13H2,1-3H3,(H,25,27)(H,26,28). The fraction of sp³-hybridized carbons (Fsp3) is 0.304. The van der Waals surface area contributed by atoms with E-state index in [0.717, 1.165) is 5.56 Å². The molecule has 32 heavy (non-hydrogen) atoms. The molecule has 0 atom stereocenters. The van der Waals surface area contributed by atoms with Crippen molar-refractivity contribution < 1.29 is 23.8 Å². The highest BCUT2D eigenvalue weighted by Gasteiger charge is 2.22. The molecular formula is C23H25ClN2O5S. The van der Waals surface area contributed by atoms with E-state index in [2.05, 4.69) is 10.6 Å². The summed E-state index contributed by atoms with van der Waals surface area (Å²) in [7, 11) is 1.45. The number of allylic oxidation sites excluding steroid dienone is 1. The van der Waals surface area contributed by atoms with Gasteiger partial charge in [0.25, 0.3) is 11.8 Å². The van der Waals surface area contributed by atoms with Gasteiger partial charge >= 0.3 is 0 Å². The lowest BCUT2D eigenvalue weighted by Gasteiger charge is -2.19. The summed E-state index contributed by atoms with van der Waals surface area (Å²) in [6.45, 7) is 5.03. The van der Waals surface area contributed by atoms with Crippen molar-refractivity contribution in [3.05, 3.63) is 63.2 Å². The first-order chi connectivity index (χ1) is 15.4. The fourth-order valence-electron chi connectivity index (χ4n) is 3.12. The van der Waals surface area contributed by atoms with E-state index >= 15 is 0 Å². The van der Waals surface area contributed by atoms with Crippen molar-refractivity contribution in [2.24, 2.45) is 0 Å². The first-order valence-electron chi connectivity index (χ1n) is 10.1. The lowest BCUT2D eigenvalue weighted by atomic mass is 10.1. The van der Waals surface area contributed by atoms with Crippen LogP contribution in [0.2, 0.25) is 5.02 Å². The van der Waals surface area contributed by atoms with Gasteiger partial charge < -0.3 is 24.8 Å². The number of carbonyl (C=O) groups excluding carboxylic acids is 2. The number of hydrogen-bond acceptors (Lipinski definition) is 6. The molecule has 0 saturated carbocycles. The van der Waals surface area contributed by atoms with Crippen LogP contribution < -0.4 is 20.1 Å². The number of carbonyl (C=O) groups is 2. The number of para-hydroxylation sites is 1. The van der Waals surface area contributed by atoms with Gasteiger partial charge in [-0.1, -0.05) is 29.8 Å². The van der Waals surface area contributed by atoms with E-state index in [9.17, 15) is 9.59 Å². The Hall–Kier alpha value is -2.84. The van der Waals surface area contributed by atoms with Gasteiger partial charge in [-0.2, -0.15) is 0 Å². The van der Waals surface area contributed by atoms with Gasteiger partial charge in [0.2, 0.25) is 0 Å². The Labute approximate surface area is 196 Å². The summed E-state index contributed by atoms with van der Waals surface area (Å²) in [6.07, 6.45) is 0. The van der Waals surface area contributed by atoms with Crippen molar-refractivity contribution >= 4 is 40.9 Å². The molecule has 1 aliphatic rings. The molecule has 1 aliphatic heterocycles. The summed E-state index contributed by atoms with van der Waals surface area (Å²) in [4.78, 5) is 26.0. The molecule has 0 radical (unpaired) electrons. The molecule has 2 aromatic rings. The van der Waals surface area contributed by atoms with Gasteiger partial charge in [0.05, 0.1) is 36.6 Å². The average Bonchev–Trinajstić information content (AvgIpc) is 2.79. The maximum Gasteiger partial charge on any atom is 0.265 e. The molecule has 3 rings (SSSR count). The van der Waals surface area contributed by atoms with Gasteiger partial charge in [-0.15, -0.1) is 11.8 Å². The van der Waals surface area contributed by atoms with Crippen LogP contribution in [0.4, 0.5) is 5.69 Å². The molecule has 0 unspecified atom stereocenters. The zero-order chi connectivity index (χ0) is 23.1. The maximum absolute atomic E-state index is 12.8. The number of anilines is 1. The summed E-state index contributed by atoms with van der Waals surface area (Å²) in [5.74, 6) is 1.60. The SMILES string of the molecule is CCOc1ccccc1CNC(=O)c1cc(Cl)c(NC(=O)C2=C(C)OCCS2)cc1OC. The second-order valence-corrected chi connectivity index (χ2v) is 8.30. The molecule has 0 spiro atoms. The topological polar surface area (TPSA) is 85.9 Å². The van der Waals surface area contributed by atoms with Gasteiger partial charge in [-0.3, -0.25) is 9.59 Å². The molecule has 0 aliphatic carbocycles. The number of hydrogen-bond donors (Lipinski definition) is 2. The highest BCUT2D eigenvalue weighted by molar-refractivity contribution is 8.04. The zero-order valence-electron chi connectivity index (χ0n) is 18.1. The Kier molecular flexibility index (Phi) is 8.30. The zero-order valence-corrected chi connectivity index (χ0v) is 19.7. The van der Waals surface area contributed by atoms with Crippen molar-refractivity contribution in [2.75, 3.05) is 31.4 Å². The van der Waals surface area contributed by atoms with E-state index in [0.29, 0.717) is 46.8 Å². The third-order valence-electron chi connectivity index (χ3n) is 4.67. The Morgan fingerprint density at radius 3 is 2.69 bits per heavy atom. The number of rotatable bonds is 8. The van der Waals surface area contributed by atoms with Crippen molar-refractivity contribution in [3.8, 4) is 11.5 Å². The van der Waals surface area contributed by atoms with Crippen molar-refractivity contribution in [3.63, 3.8) is 0 Å². The number of amides is 2. The van der Waals surface area contributed by atoms with Crippen LogP contribution in [0, 0.1) is 0 Å². The second kappa shape index (κ2) is 11.2. The lowest BCUT2D eigenvalue weighted by molar-refractivity contribution is -0.112. The van der Waals surface area contributed by atoms with E-state index in [-0.39, 0.29) is 28.9 Å². The summed E-state index contributed by atoms with van der Waals surface area (Å²) in [5.41, 5.74) is 1.46. The van der Waals surface area contributed by atoms with Crippen LogP contribution in [0.1, 0.15) is 29.8 Å². The molecule has 0 fully saturated rings. The van der Waals surface area contributed by atoms with E-state index in [1.54, 1.807) is 6.92 Å². The molecular weight excluding hydrogens is 452 g/mol. The minimum Gasteiger partial charge on any atom is -0.496 e. The van der Waals surface area contributed by atoms with Gasteiger partial charge in [-0.25, -0.2) is 0 Å². The van der Waals surface area contributed by atoms with Crippen LogP contribution in [0.15, 0.2) is 47.1 Å². The Morgan fingerprint density at radius 2 is 1.97 bits per heavy atom. The number of nitrogens with one attached hydrogen (secondary N) is 2. The molecule has 2 N–H and O–H groups in total. The normalized spacial score (nSPS) is 13.2. The summed E-state index contributed by atoms with van der Waals surface area (Å²) >= 11 is 7.81. The predicted octanol–water partition coefficient (Wildman–Crippen LogP) is 4.61. The largest absolute Gasteiger partial charge is 0.496 e. The number of thioether (sulfide) groups is 1. The molecule has 9 heteroatoms. The van der Waals surface area contributed by atoms with Crippen LogP contribution in [-0.4, -0.2) is 37.9 Å². The molecule has 0 saturated heterocycles. The molecule has 1 heterocycles. The third-order valence-corrected chi connectivity index (χ3v) is 6.11. The minimum atomic E-state index is -0.359. The number of ether oxygens (including phenoxy) is 3. The first kappa shape index (κ1) is 23.8. The highest BCUT2D eigenvalue weighted by atomic mass is 35.5. The van der Waals surface area contributed by atoms with Crippen molar-refractivity contribution in [2.45, 2.75) is 20.4 Å². The fourth-order valence-corrected chi connectivity index (χ4v) is 4.15. The monoisotopic (exact) mass is 476 g/mol. The van der Waals surface area contributed by atoms with Gasteiger partial charge in [0, 0.05) is 23.9 Å². The Bertz CT molecular complexity index is 1040. The number of methoxy groups -OCH3 is 1. The van der Waals surface area contributed by atoms with Crippen molar-refractivity contribution in [1.82, 2.24) is 5.32 Å². The minimum absolute atomic E-state index is 0.221. The van der Waals surface area contributed by atoms with Crippen LogP contribution in [0.3, 0.4) is 0 Å². The van der Waals surface area contributed by atoms with E-state index < -0.39 is 0 Å². The summed E-state index contributed by atoms with van der Waals surface area (Å²) in [6, 6.07) is 10.5. The molecule has 2 aromatic carbocycles. The smallest absolute Gasteiger partial charge is 0.265 e. The predicted molar refractivity (Wildman–Crippen MR) is 127 cm³/mol. The van der Waals surface area contributed by atoms with Crippen LogP contribution in [-0.2, 0) is 16.1 Å². The third kappa shape index (κ3) is 5.69. The quantitative estimate of drug-likeness (QED) is 0.578. The number of benzene rings is 2. The summed E-state index contributed by atoms with van der Waals surface area (Å²) < 4.78 is 16.4. The second-order valence-electron chi connectivity index (χ2n) is 6.79. The van der Waals surface area contributed by atoms with Crippen LogP contribution >= 0.6 is 23.4 Å². The van der Waals surface area contributed by atoms with Gasteiger partial charge in [0.15, 0.2) is 0 Å². The van der Waals surface area contributed by atoms with E-state index in [4.69, 9.17) is 25.8 Å². The summed E-state index contributed by atoms with van der Waals surface area (Å²) in [5, 5.41) is 5.86. The number of halogens is 1. The van der Waals surface area contributed by atoms with Gasteiger partial charge in [-0.05, 0) is 26.0 Å². The van der Waals surface area contributed by atoms with E-state index in [1.165, 1.54) is 31.0 Å². The van der Waals surface area contributed by atoms with Crippen LogP contribution in [0.5, 0.6) is 11.5 Å². The van der Waals surface area contributed by atoms with Crippen molar-refractivity contribution in [1.29, 1.82) is 0 Å². The molecule has 0 bridgehead atoms. The maximum atomic E-state index is 12.8. The van der Waals surface area contributed by atoms with Crippen LogP contribution in [0.25, 0.3) is 0 Å². The first-order valence-corrected chi connectivity index (χ1v) is 11.4. The Balaban J connectivity index is 1.76. The molecule has 2 amide bonds. The molecule has 0 aromatic heterocycles. The average molecular weight is 477 g/mol. The van der Waals surface area contributed by atoms with E-state index in [1.807, 2.05) is 31.2 Å². The molecule has 170 valence electrons. The Morgan fingerprint density at radius 1 is 1.19 bits per heavy atom. The highest BCUT2D eigenvalue weighted by Crippen LogP contribution is 2.33. The molecule has 7 nitrogen and oxygen atoms in total. The van der Waals surface area contributed by atoms with Gasteiger partial charge in [0.1, 0.15) is 22.2 Å². The lowest BCUT2D eigenvalue weighted by Crippen LogP contribution is -2.24.